The molecular weight excluding hydrogens is 428 g/mol. The van der Waals surface area contributed by atoms with Crippen molar-refractivity contribution in [1.82, 2.24) is 19.8 Å². The number of anilines is 2. The molecule has 1 saturated heterocycles. The number of amides is 1. The summed E-state index contributed by atoms with van der Waals surface area (Å²) >= 11 is 0. The van der Waals surface area contributed by atoms with Crippen LogP contribution in [0.15, 0.2) is 73.1 Å². The van der Waals surface area contributed by atoms with E-state index in [0.29, 0.717) is 24.7 Å². The number of ether oxygens (including phenoxy) is 1. The molecule has 8 heteroatoms. The molecule has 2 heterocycles. The van der Waals surface area contributed by atoms with E-state index in [1.165, 1.54) is 6.33 Å². The van der Waals surface area contributed by atoms with E-state index in [0.717, 1.165) is 35.6 Å². The number of nitrogen functional groups attached to an aromatic ring is 1. The number of hydrogen-bond acceptors (Lipinski definition) is 7. The van der Waals surface area contributed by atoms with Crippen molar-refractivity contribution in [1.29, 1.82) is 0 Å². The Morgan fingerprint density at radius 3 is 2.62 bits per heavy atom. The standard InChI is InChI=1S/C26H30N6O2/c1-31(2)15-6-9-23(33)32-16-14-20(17-32)30-26-24(25(27)28-18-29-26)19-10-12-22(13-11-19)34-21-7-4-3-5-8-21/h3-13,18,20H,14-17H2,1-2H3,(H3,27,28,29,30)/b9-6+. The molecule has 3 N–H and O–H groups in total. The fourth-order valence-corrected chi connectivity index (χ4v) is 3.85. The third-order valence-corrected chi connectivity index (χ3v) is 5.57. The van der Waals surface area contributed by atoms with Gasteiger partial charge in [0, 0.05) is 31.8 Å². The number of likely N-dealkylation sites (tertiary alicyclic amines) is 1. The van der Waals surface area contributed by atoms with E-state index in [9.17, 15) is 4.79 Å². The van der Waals surface area contributed by atoms with Crippen LogP contribution in [0.25, 0.3) is 11.1 Å². The molecule has 3 aromatic rings. The average molecular weight is 459 g/mol. The van der Waals surface area contributed by atoms with Crippen LogP contribution >= 0.6 is 0 Å². The van der Waals surface area contributed by atoms with Crippen molar-refractivity contribution in [2.24, 2.45) is 0 Å². The number of nitrogens with one attached hydrogen (secondary N) is 1. The van der Waals surface area contributed by atoms with Crippen molar-refractivity contribution >= 4 is 17.5 Å². The summed E-state index contributed by atoms with van der Waals surface area (Å²) in [5, 5.41) is 3.47. The van der Waals surface area contributed by atoms with E-state index < -0.39 is 0 Å². The fraction of sp³-hybridized carbons (Fsp3) is 0.269. The van der Waals surface area contributed by atoms with E-state index >= 15 is 0 Å². The molecule has 0 radical (unpaired) electrons. The first-order chi connectivity index (χ1) is 16.5. The lowest BCUT2D eigenvalue weighted by Crippen LogP contribution is -2.30. The third kappa shape index (κ3) is 5.90. The minimum Gasteiger partial charge on any atom is -0.457 e. The van der Waals surface area contributed by atoms with Crippen molar-refractivity contribution in [2.75, 3.05) is 44.8 Å². The fourth-order valence-electron chi connectivity index (χ4n) is 3.85. The summed E-state index contributed by atoms with van der Waals surface area (Å²) in [4.78, 5) is 25.0. The Morgan fingerprint density at radius 1 is 1.15 bits per heavy atom. The molecule has 0 bridgehead atoms. The van der Waals surface area contributed by atoms with E-state index in [-0.39, 0.29) is 11.9 Å². The van der Waals surface area contributed by atoms with Gasteiger partial charge in [-0.15, -0.1) is 0 Å². The zero-order chi connectivity index (χ0) is 23.9. The number of nitrogens with two attached hydrogens (primary N) is 1. The second-order valence-electron chi connectivity index (χ2n) is 8.50. The molecule has 34 heavy (non-hydrogen) atoms. The van der Waals surface area contributed by atoms with Crippen LogP contribution in [-0.4, -0.2) is 65.4 Å². The van der Waals surface area contributed by atoms with Gasteiger partial charge in [0.05, 0.1) is 5.56 Å². The van der Waals surface area contributed by atoms with Crippen molar-refractivity contribution in [2.45, 2.75) is 12.5 Å². The normalized spacial score (nSPS) is 15.7. The number of para-hydroxylation sites is 1. The number of carbonyl (C=O) groups excluding carboxylic acids is 1. The number of hydrogen-bond donors (Lipinski definition) is 2. The van der Waals surface area contributed by atoms with Gasteiger partial charge < -0.3 is 25.6 Å². The van der Waals surface area contributed by atoms with Gasteiger partial charge in [-0.1, -0.05) is 36.4 Å². The zero-order valence-corrected chi connectivity index (χ0v) is 19.5. The van der Waals surface area contributed by atoms with Gasteiger partial charge in [-0.05, 0) is 50.3 Å². The Kier molecular flexibility index (Phi) is 7.39. The van der Waals surface area contributed by atoms with Crippen molar-refractivity contribution in [3.8, 4) is 22.6 Å². The summed E-state index contributed by atoms with van der Waals surface area (Å²) in [5.74, 6) is 2.59. The van der Waals surface area contributed by atoms with E-state index in [1.54, 1.807) is 6.08 Å². The molecule has 1 aromatic heterocycles. The molecule has 0 spiro atoms. The first-order valence-corrected chi connectivity index (χ1v) is 11.3. The number of aromatic nitrogens is 2. The Morgan fingerprint density at radius 2 is 1.88 bits per heavy atom. The second-order valence-corrected chi connectivity index (χ2v) is 8.50. The van der Waals surface area contributed by atoms with Gasteiger partial charge in [0.1, 0.15) is 29.5 Å². The third-order valence-electron chi connectivity index (χ3n) is 5.57. The molecule has 1 aliphatic heterocycles. The molecule has 1 amide bonds. The van der Waals surface area contributed by atoms with Gasteiger partial charge in [0.15, 0.2) is 0 Å². The van der Waals surface area contributed by atoms with Gasteiger partial charge >= 0.3 is 0 Å². The van der Waals surface area contributed by atoms with Gasteiger partial charge in [-0.2, -0.15) is 0 Å². The van der Waals surface area contributed by atoms with Crippen LogP contribution in [0.2, 0.25) is 0 Å². The summed E-state index contributed by atoms with van der Waals surface area (Å²) in [6.45, 7) is 2.04. The lowest BCUT2D eigenvalue weighted by Gasteiger charge is -2.18. The molecule has 1 aliphatic rings. The summed E-state index contributed by atoms with van der Waals surface area (Å²) in [6.07, 6.45) is 5.82. The van der Waals surface area contributed by atoms with Crippen LogP contribution < -0.4 is 15.8 Å². The number of likely N-dealkylation sites (N-methyl/N-ethyl adjacent to an activating group) is 1. The minimum absolute atomic E-state index is 0.0302. The summed E-state index contributed by atoms with van der Waals surface area (Å²) in [7, 11) is 3.94. The van der Waals surface area contributed by atoms with Gasteiger partial charge in [-0.3, -0.25) is 4.79 Å². The van der Waals surface area contributed by atoms with Gasteiger partial charge in [0.2, 0.25) is 5.91 Å². The largest absolute Gasteiger partial charge is 0.457 e. The molecule has 1 atom stereocenters. The van der Waals surface area contributed by atoms with E-state index in [1.807, 2.05) is 84.6 Å². The Balaban J connectivity index is 1.44. The average Bonchev–Trinajstić information content (AvgIpc) is 3.29. The van der Waals surface area contributed by atoms with E-state index in [2.05, 4.69) is 15.3 Å². The summed E-state index contributed by atoms with van der Waals surface area (Å²) < 4.78 is 5.89. The van der Waals surface area contributed by atoms with Crippen LogP contribution in [0.3, 0.4) is 0 Å². The monoisotopic (exact) mass is 458 g/mol. The Hall–Kier alpha value is -3.91. The molecule has 4 rings (SSSR count). The lowest BCUT2D eigenvalue weighted by molar-refractivity contribution is -0.125. The maximum Gasteiger partial charge on any atom is 0.246 e. The smallest absolute Gasteiger partial charge is 0.246 e. The topological polar surface area (TPSA) is 96.6 Å². The van der Waals surface area contributed by atoms with Gasteiger partial charge in [-0.25, -0.2) is 9.97 Å². The summed E-state index contributed by atoms with van der Waals surface area (Å²) in [5.41, 5.74) is 7.87. The first kappa shape index (κ1) is 23.3. The number of carbonyl (C=O) groups is 1. The Bertz CT molecular complexity index is 1130. The second kappa shape index (κ2) is 10.8. The maximum atomic E-state index is 12.5. The molecule has 0 saturated carbocycles. The molecule has 2 aromatic carbocycles. The van der Waals surface area contributed by atoms with Crippen molar-refractivity contribution in [3.63, 3.8) is 0 Å². The van der Waals surface area contributed by atoms with Gasteiger partial charge in [0.25, 0.3) is 0 Å². The Labute approximate surface area is 200 Å². The molecule has 0 aliphatic carbocycles. The molecule has 8 nitrogen and oxygen atoms in total. The van der Waals surface area contributed by atoms with Crippen molar-refractivity contribution in [3.05, 3.63) is 73.1 Å². The van der Waals surface area contributed by atoms with Crippen LogP contribution in [0.5, 0.6) is 11.5 Å². The highest BCUT2D eigenvalue weighted by atomic mass is 16.5. The van der Waals surface area contributed by atoms with E-state index in [4.69, 9.17) is 10.5 Å². The highest BCUT2D eigenvalue weighted by Crippen LogP contribution is 2.33. The quantitative estimate of drug-likeness (QED) is 0.498. The number of rotatable bonds is 8. The van der Waals surface area contributed by atoms with Crippen LogP contribution in [0, 0.1) is 0 Å². The molecular formula is C26H30N6O2. The SMILES string of the molecule is CN(C)C/C=C/C(=O)N1CCC(Nc2ncnc(N)c2-c2ccc(Oc3ccccc3)cc2)C1. The predicted octanol–water partition coefficient (Wildman–Crippen LogP) is 3.65. The molecule has 1 fully saturated rings. The first-order valence-electron chi connectivity index (χ1n) is 11.3. The molecule has 1 unspecified atom stereocenters. The summed E-state index contributed by atoms with van der Waals surface area (Å²) in [6, 6.07) is 17.4. The molecule has 176 valence electrons. The highest BCUT2D eigenvalue weighted by molar-refractivity contribution is 5.88. The number of benzene rings is 2. The van der Waals surface area contributed by atoms with Crippen molar-refractivity contribution < 1.29 is 9.53 Å². The highest BCUT2D eigenvalue weighted by Gasteiger charge is 2.26. The predicted molar refractivity (Wildman–Crippen MR) is 135 cm³/mol. The van der Waals surface area contributed by atoms with Crippen LogP contribution in [0.1, 0.15) is 6.42 Å². The zero-order valence-electron chi connectivity index (χ0n) is 19.5. The number of nitrogens with zero attached hydrogens (tertiary/aromatic N) is 4. The maximum absolute atomic E-state index is 12.5. The minimum atomic E-state index is 0.0302. The lowest BCUT2D eigenvalue weighted by atomic mass is 10.1. The van der Waals surface area contributed by atoms with Crippen LogP contribution in [0.4, 0.5) is 11.6 Å². The van der Waals surface area contributed by atoms with Crippen LogP contribution in [-0.2, 0) is 4.79 Å².